The van der Waals surface area contributed by atoms with E-state index in [-0.39, 0.29) is 18.0 Å². The lowest BCUT2D eigenvalue weighted by Crippen LogP contribution is -2.30. The monoisotopic (exact) mass is 325 g/mol. The van der Waals surface area contributed by atoms with Crippen molar-refractivity contribution in [2.24, 2.45) is 0 Å². The molecule has 0 aliphatic rings. The molecule has 1 aromatic heterocycles. The van der Waals surface area contributed by atoms with E-state index in [1.165, 1.54) is 4.68 Å². The first-order chi connectivity index (χ1) is 10.9. The highest BCUT2D eigenvalue weighted by molar-refractivity contribution is 5.75. The van der Waals surface area contributed by atoms with Crippen LogP contribution in [0, 0.1) is 24.0 Å². The number of amides is 1. The Kier molecular flexibility index (Phi) is 7.67. The van der Waals surface area contributed by atoms with Gasteiger partial charge >= 0.3 is 5.69 Å². The van der Waals surface area contributed by atoms with E-state index in [2.05, 4.69) is 29.2 Å². The topological polar surface area (TPSA) is 93.3 Å². The molecule has 0 fully saturated rings. The number of aromatic nitrogens is 2. The molecule has 8 heteroatoms. The van der Waals surface area contributed by atoms with Gasteiger partial charge in [0.15, 0.2) is 0 Å². The molecule has 8 nitrogen and oxygen atoms in total. The van der Waals surface area contributed by atoms with Crippen LogP contribution in [0.4, 0.5) is 5.69 Å². The molecule has 23 heavy (non-hydrogen) atoms. The molecule has 0 saturated carbocycles. The van der Waals surface area contributed by atoms with Gasteiger partial charge in [-0.2, -0.15) is 5.10 Å². The van der Waals surface area contributed by atoms with Gasteiger partial charge in [-0.15, -0.1) is 0 Å². The van der Waals surface area contributed by atoms with E-state index in [4.69, 9.17) is 0 Å². The van der Waals surface area contributed by atoms with Crippen LogP contribution in [-0.4, -0.2) is 51.7 Å². The van der Waals surface area contributed by atoms with Crippen molar-refractivity contribution in [2.45, 2.75) is 47.1 Å². The molecule has 130 valence electrons. The molecule has 0 aliphatic carbocycles. The van der Waals surface area contributed by atoms with E-state index in [9.17, 15) is 14.9 Å². The molecule has 1 rings (SSSR count). The second-order valence-corrected chi connectivity index (χ2v) is 5.48. The van der Waals surface area contributed by atoms with Crippen LogP contribution in [-0.2, 0) is 11.3 Å². The molecule has 0 atom stereocenters. The Labute approximate surface area is 137 Å². The Morgan fingerprint density at radius 1 is 1.35 bits per heavy atom. The molecule has 1 aromatic rings. The predicted octanol–water partition coefficient (Wildman–Crippen LogP) is 1.65. The van der Waals surface area contributed by atoms with Crippen molar-refractivity contribution in [3.05, 3.63) is 21.5 Å². The highest BCUT2D eigenvalue weighted by Gasteiger charge is 2.21. The maximum Gasteiger partial charge on any atom is 0.312 e. The van der Waals surface area contributed by atoms with Crippen LogP contribution in [0.15, 0.2) is 0 Å². The number of nitrogens with one attached hydrogen (secondary N) is 1. The van der Waals surface area contributed by atoms with Crippen LogP contribution >= 0.6 is 0 Å². The molecule has 0 radical (unpaired) electrons. The molecule has 0 aromatic carbocycles. The van der Waals surface area contributed by atoms with Crippen molar-refractivity contribution < 1.29 is 9.72 Å². The largest absolute Gasteiger partial charge is 0.356 e. The van der Waals surface area contributed by atoms with Crippen LogP contribution in [0.5, 0.6) is 0 Å². The van der Waals surface area contributed by atoms with Gasteiger partial charge in [0.05, 0.1) is 11.5 Å². The van der Waals surface area contributed by atoms with E-state index in [1.807, 2.05) is 0 Å². The van der Waals surface area contributed by atoms with Gasteiger partial charge in [0.2, 0.25) is 5.91 Å². The van der Waals surface area contributed by atoms with Gasteiger partial charge in [0, 0.05) is 13.0 Å². The van der Waals surface area contributed by atoms with Crippen LogP contribution < -0.4 is 5.32 Å². The third-order valence-electron chi connectivity index (χ3n) is 3.94. The smallest absolute Gasteiger partial charge is 0.312 e. The second-order valence-electron chi connectivity index (χ2n) is 5.48. The lowest BCUT2D eigenvalue weighted by Gasteiger charge is -2.17. The molecule has 1 heterocycles. The number of rotatable bonds is 10. The fourth-order valence-corrected chi connectivity index (χ4v) is 2.54. The first-order valence-electron chi connectivity index (χ1n) is 8.08. The summed E-state index contributed by atoms with van der Waals surface area (Å²) in [5.41, 5.74) is 0.901. The van der Waals surface area contributed by atoms with Gasteiger partial charge in [0.25, 0.3) is 0 Å². The van der Waals surface area contributed by atoms with Crippen molar-refractivity contribution in [3.8, 4) is 0 Å². The fourth-order valence-electron chi connectivity index (χ4n) is 2.54. The standard InChI is InChI=1S/C15H27N5O3/c1-5-18(6-2)10-7-9-16-14(21)8-11-19-13(4)15(20(22)23)12(3)17-19/h5-11H2,1-4H3,(H,16,21). The summed E-state index contributed by atoms with van der Waals surface area (Å²) < 4.78 is 1.53. The van der Waals surface area contributed by atoms with Crippen molar-refractivity contribution in [1.82, 2.24) is 20.0 Å². The Balaban J connectivity index is 2.37. The minimum Gasteiger partial charge on any atom is -0.356 e. The average molecular weight is 325 g/mol. The van der Waals surface area contributed by atoms with Crippen LogP contribution in [0.3, 0.4) is 0 Å². The fraction of sp³-hybridized carbons (Fsp3) is 0.733. The van der Waals surface area contributed by atoms with E-state index in [1.54, 1.807) is 13.8 Å². The van der Waals surface area contributed by atoms with Crippen molar-refractivity contribution >= 4 is 11.6 Å². The van der Waals surface area contributed by atoms with Gasteiger partial charge < -0.3 is 10.2 Å². The molecule has 0 unspecified atom stereocenters. The molecule has 1 N–H and O–H groups in total. The van der Waals surface area contributed by atoms with Crippen molar-refractivity contribution in [3.63, 3.8) is 0 Å². The molecule has 0 spiro atoms. The van der Waals surface area contributed by atoms with Gasteiger partial charge in [-0.05, 0) is 39.9 Å². The Morgan fingerprint density at radius 3 is 2.52 bits per heavy atom. The number of carbonyl (C=O) groups is 1. The first kappa shape index (κ1) is 19.1. The Morgan fingerprint density at radius 2 is 2.00 bits per heavy atom. The quantitative estimate of drug-likeness (QED) is 0.401. The molecule has 0 aliphatic heterocycles. The molecular weight excluding hydrogens is 298 g/mol. The van der Waals surface area contributed by atoms with Crippen molar-refractivity contribution in [2.75, 3.05) is 26.2 Å². The summed E-state index contributed by atoms with van der Waals surface area (Å²) in [7, 11) is 0. The maximum absolute atomic E-state index is 11.8. The zero-order valence-corrected chi connectivity index (χ0v) is 14.5. The molecule has 1 amide bonds. The summed E-state index contributed by atoms with van der Waals surface area (Å²) in [6.07, 6.45) is 1.18. The Bertz CT molecular complexity index is 537. The summed E-state index contributed by atoms with van der Waals surface area (Å²) in [5.74, 6) is -0.0558. The van der Waals surface area contributed by atoms with Crippen molar-refractivity contribution in [1.29, 1.82) is 0 Å². The predicted molar refractivity (Wildman–Crippen MR) is 88.4 cm³/mol. The number of hydrogen-bond donors (Lipinski definition) is 1. The van der Waals surface area contributed by atoms with E-state index >= 15 is 0 Å². The lowest BCUT2D eigenvalue weighted by molar-refractivity contribution is -0.386. The summed E-state index contributed by atoms with van der Waals surface area (Å²) in [6, 6.07) is 0. The average Bonchev–Trinajstić information content (AvgIpc) is 2.79. The minimum atomic E-state index is -0.429. The van der Waals surface area contributed by atoms with E-state index in [0.29, 0.717) is 24.5 Å². The van der Waals surface area contributed by atoms with E-state index in [0.717, 1.165) is 26.1 Å². The summed E-state index contributed by atoms with van der Waals surface area (Å²) in [4.78, 5) is 24.7. The zero-order valence-electron chi connectivity index (χ0n) is 14.5. The molecular formula is C15H27N5O3. The SMILES string of the molecule is CCN(CC)CCCNC(=O)CCn1nc(C)c([N+](=O)[O-])c1C. The lowest BCUT2D eigenvalue weighted by atomic mass is 10.3. The first-order valence-corrected chi connectivity index (χ1v) is 8.08. The minimum absolute atomic E-state index is 0.0321. The number of carbonyl (C=O) groups excluding carboxylic acids is 1. The highest BCUT2D eigenvalue weighted by atomic mass is 16.6. The van der Waals surface area contributed by atoms with Crippen LogP contribution in [0.25, 0.3) is 0 Å². The molecule has 0 saturated heterocycles. The normalized spacial score (nSPS) is 11.0. The zero-order chi connectivity index (χ0) is 17.4. The second kappa shape index (κ2) is 9.24. The Hall–Kier alpha value is -1.96. The number of hydrogen-bond acceptors (Lipinski definition) is 5. The summed E-state index contributed by atoms with van der Waals surface area (Å²) in [6.45, 7) is 11.5. The van der Waals surface area contributed by atoms with Gasteiger partial charge in [-0.25, -0.2) is 0 Å². The van der Waals surface area contributed by atoms with Crippen LogP contribution in [0.2, 0.25) is 0 Å². The van der Waals surface area contributed by atoms with Gasteiger partial charge in [-0.3, -0.25) is 19.6 Å². The highest BCUT2D eigenvalue weighted by Crippen LogP contribution is 2.21. The van der Waals surface area contributed by atoms with Crippen LogP contribution in [0.1, 0.15) is 38.1 Å². The number of nitro groups is 1. The molecule has 0 bridgehead atoms. The third-order valence-corrected chi connectivity index (χ3v) is 3.94. The maximum atomic E-state index is 11.8. The van der Waals surface area contributed by atoms with E-state index < -0.39 is 4.92 Å². The number of nitrogens with zero attached hydrogens (tertiary/aromatic N) is 4. The number of aryl methyl sites for hydroxylation is 2. The summed E-state index contributed by atoms with van der Waals surface area (Å²) >= 11 is 0. The summed E-state index contributed by atoms with van der Waals surface area (Å²) in [5, 5.41) is 18.0. The van der Waals surface area contributed by atoms with Gasteiger partial charge in [0.1, 0.15) is 11.4 Å². The van der Waals surface area contributed by atoms with Gasteiger partial charge in [-0.1, -0.05) is 13.8 Å². The third kappa shape index (κ3) is 5.63.